The fourth-order valence-electron chi connectivity index (χ4n) is 0.946. The zero-order valence-corrected chi connectivity index (χ0v) is 9.26. The van der Waals surface area contributed by atoms with Gasteiger partial charge in [-0.3, -0.25) is 4.79 Å². The standard InChI is InChI=1S/C10H22N2O/c1-5-6-7-12(4)10(13)8-11-9(2)3/h9,11H,5-8H2,1-4H3. The van der Waals surface area contributed by atoms with Crippen LogP contribution in [0, 0.1) is 0 Å². The summed E-state index contributed by atoms with van der Waals surface area (Å²) in [7, 11) is 1.86. The highest BCUT2D eigenvalue weighted by atomic mass is 16.2. The van der Waals surface area contributed by atoms with Gasteiger partial charge in [0.25, 0.3) is 0 Å². The summed E-state index contributed by atoms with van der Waals surface area (Å²) < 4.78 is 0. The summed E-state index contributed by atoms with van der Waals surface area (Å²) in [6, 6.07) is 0.378. The second-order valence-corrected chi connectivity index (χ2v) is 3.70. The predicted octanol–water partition coefficient (Wildman–Crippen LogP) is 1.24. The molecule has 0 aliphatic heterocycles. The van der Waals surface area contributed by atoms with Crippen LogP contribution in [0.2, 0.25) is 0 Å². The van der Waals surface area contributed by atoms with Crippen molar-refractivity contribution in [3.05, 3.63) is 0 Å². The van der Waals surface area contributed by atoms with E-state index in [4.69, 9.17) is 0 Å². The maximum atomic E-state index is 11.4. The van der Waals surface area contributed by atoms with Gasteiger partial charge in [0.15, 0.2) is 0 Å². The van der Waals surface area contributed by atoms with Gasteiger partial charge in [-0.05, 0) is 6.42 Å². The van der Waals surface area contributed by atoms with Crippen LogP contribution in [0.5, 0.6) is 0 Å². The molecule has 0 unspecified atom stereocenters. The van der Waals surface area contributed by atoms with Crippen molar-refractivity contribution in [1.29, 1.82) is 0 Å². The number of hydrogen-bond acceptors (Lipinski definition) is 2. The van der Waals surface area contributed by atoms with Gasteiger partial charge in [0, 0.05) is 19.6 Å². The fraction of sp³-hybridized carbons (Fsp3) is 0.900. The van der Waals surface area contributed by atoms with Gasteiger partial charge in [-0.15, -0.1) is 0 Å². The summed E-state index contributed by atoms with van der Waals surface area (Å²) in [5.41, 5.74) is 0. The van der Waals surface area contributed by atoms with Crippen LogP contribution >= 0.6 is 0 Å². The van der Waals surface area contributed by atoms with E-state index >= 15 is 0 Å². The van der Waals surface area contributed by atoms with E-state index < -0.39 is 0 Å². The zero-order valence-electron chi connectivity index (χ0n) is 9.26. The third kappa shape index (κ3) is 6.58. The van der Waals surface area contributed by atoms with Crippen LogP contribution in [0.1, 0.15) is 33.6 Å². The molecule has 0 aromatic rings. The molecule has 0 aromatic carbocycles. The molecule has 0 saturated heterocycles. The van der Waals surface area contributed by atoms with Crippen LogP contribution in [0.3, 0.4) is 0 Å². The molecule has 0 rings (SSSR count). The number of likely N-dealkylation sites (N-methyl/N-ethyl adjacent to an activating group) is 1. The van der Waals surface area contributed by atoms with Crippen LogP contribution in [-0.2, 0) is 4.79 Å². The van der Waals surface area contributed by atoms with Crippen LogP contribution < -0.4 is 5.32 Å². The fourth-order valence-corrected chi connectivity index (χ4v) is 0.946. The van der Waals surface area contributed by atoms with E-state index in [0.717, 1.165) is 19.4 Å². The second kappa shape index (κ2) is 6.89. The lowest BCUT2D eigenvalue weighted by atomic mass is 10.3. The lowest BCUT2D eigenvalue weighted by Gasteiger charge is -2.17. The number of carbonyl (C=O) groups excluding carboxylic acids is 1. The van der Waals surface area contributed by atoms with Crippen molar-refractivity contribution in [2.24, 2.45) is 0 Å². The number of unbranched alkanes of at least 4 members (excludes halogenated alkanes) is 1. The van der Waals surface area contributed by atoms with Crippen molar-refractivity contribution in [2.45, 2.75) is 39.7 Å². The van der Waals surface area contributed by atoms with Crippen molar-refractivity contribution in [2.75, 3.05) is 20.1 Å². The predicted molar refractivity (Wildman–Crippen MR) is 55.7 cm³/mol. The molecule has 0 heterocycles. The number of rotatable bonds is 6. The lowest BCUT2D eigenvalue weighted by molar-refractivity contribution is -0.129. The monoisotopic (exact) mass is 186 g/mol. The number of nitrogens with one attached hydrogen (secondary N) is 1. The van der Waals surface area contributed by atoms with E-state index in [-0.39, 0.29) is 5.91 Å². The Balaban J connectivity index is 3.57. The minimum atomic E-state index is 0.183. The summed E-state index contributed by atoms with van der Waals surface area (Å²) in [6.45, 7) is 7.54. The minimum absolute atomic E-state index is 0.183. The molecule has 0 bridgehead atoms. The Morgan fingerprint density at radius 2 is 2.08 bits per heavy atom. The highest BCUT2D eigenvalue weighted by molar-refractivity contribution is 5.77. The molecule has 0 spiro atoms. The maximum Gasteiger partial charge on any atom is 0.236 e. The SMILES string of the molecule is CCCCN(C)C(=O)CNC(C)C. The molecule has 0 aromatic heterocycles. The van der Waals surface area contributed by atoms with Gasteiger partial charge < -0.3 is 10.2 Å². The van der Waals surface area contributed by atoms with Crippen LogP contribution in [0.4, 0.5) is 0 Å². The Hall–Kier alpha value is -0.570. The third-order valence-corrected chi connectivity index (χ3v) is 1.93. The Kier molecular flexibility index (Phi) is 6.59. The van der Waals surface area contributed by atoms with E-state index in [9.17, 15) is 4.79 Å². The smallest absolute Gasteiger partial charge is 0.236 e. The number of carbonyl (C=O) groups is 1. The zero-order chi connectivity index (χ0) is 10.3. The molecular formula is C10H22N2O. The van der Waals surface area contributed by atoms with E-state index in [0.29, 0.717) is 12.6 Å². The summed E-state index contributed by atoms with van der Waals surface area (Å²) in [4.78, 5) is 13.2. The van der Waals surface area contributed by atoms with Crippen LogP contribution in [0.25, 0.3) is 0 Å². The van der Waals surface area contributed by atoms with Gasteiger partial charge in [-0.2, -0.15) is 0 Å². The first-order valence-electron chi connectivity index (χ1n) is 5.05. The summed E-state index contributed by atoms with van der Waals surface area (Å²) >= 11 is 0. The van der Waals surface area contributed by atoms with Gasteiger partial charge in [-0.25, -0.2) is 0 Å². The Morgan fingerprint density at radius 3 is 2.54 bits per heavy atom. The van der Waals surface area contributed by atoms with Gasteiger partial charge in [0.1, 0.15) is 0 Å². The van der Waals surface area contributed by atoms with E-state index in [1.807, 2.05) is 20.9 Å². The van der Waals surface area contributed by atoms with Crippen molar-refractivity contribution in [3.63, 3.8) is 0 Å². The van der Waals surface area contributed by atoms with Crippen molar-refractivity contribution in [1.82, 2.24) is 10.2 Å². The van der Waals surface area contributed by atoms with Gasteiger partial charge >= 0.3 is 0 Å². The molecule has 1 N–H and O–H groups in total. The van der Waals surface area contributed by atoms with E-state index in [2.05, 4.69) is 12.2 Å². The molecule has 0 fully saturated rings. The molecule has 3 nitrogen and oxygen atoms in total. The molecule has 0 radical (unpaired) electrons. The summed E-state index contributed by atoms with van der Waals surface area (Å²) in [5.74, 6) is 0.183. The van der Waals surface area contributed by atoms with Gasteiger partial charge in [0.05, 0.1) is 6.54 Å². The molecule has 0 atom stereocenters. The first kappa shape index (κ1) is 12.4. The Labute approximate surface area is 81.5 Å². The molecule has 78 valence electrons. The number of nitrogens with zero attached hydrogens (tertiary/aromatic N) is 1. The van der Waals surface area contributed by atoms with Gasteiger partial charge in [0.2, 0.25) is 5.91 Å². The molecule has 0 aliphatic rings. The van der Waals surface area contributed by atoms with Crippen molar-refractivity contribution >= 4 is 5.91 Å². The van der Waals surface area contributed by atoms with Crippen molar-refractivity contribution in [3.8, 4) is 0 Å². The van der Waals surface area contributed by atoms with Crippen molar-refractivity contribution < 1.29 is 4.79 Å². The highest BCUT2D eigenvalue weighted by Crippen LogP contribution is 1.92. The third-order valence-electron chi connectivity index (χ3n) is 1.93. The summed E-state index contributed by atoms with van der Waals surface area (Å²) in [6.07, 6.45) is 2.22. The largest absolute Gasteiger partial charge is 0.345 e. The molecule has 3 heteroatoms. The van der Waals surface area contributed by atoms with E-state index in [1.54, 1.807) is 4.90 Å². The molecule has 1 amide bonds. The lowest BCUT2D eigenvalue weighted by Crippen LogP contribution is -2.38. The number of amides is 1. The average Bonchev–Trinajstić information content (AvgIpc) is 2.10. The normalized spacial score (nSPS) is 10.5. The molecule has 0 saturated carbocycles. The second-order valence-electron chi connectivity index (χ2n) is 3.70. The average molecular weight is 186 g/mol. The van der Waals surface area contributed by atoms with Gasteiger partial charge in [-0.1, -0.05) is 27.2 Å². The number of hydrogen-bond donors (Lipinski definition) is 1. The van der Waals surface area contributed by atoms with Crippen LogP contribution in [0.15, 0.2) is 0 Å². The molecule has 0 aliphatic carbocycles. The van der Waals surface area contributed by atoms with Crippen LogP contribution in [-0.4, -0.2) is 37.0 Å². The minimum Gasteiger partial charge on any atom is -0.345 e. The quantitative estimate of drug-likeness (QED) is 0.677. The Morgan fingerprint density at radius 1 is 1.46 bits per heavy atom. The summed E-state index contributed by atoms with van der Waals surface area (Å²) in [5, 5.41) is 3.11. The molecular weight excluding hydrogens is 164 g/mol. The maximum absolute atomic E-state index is 11.4. The first-order chi connectivity index (χ1) is 6.07. The highest BCUT2D eigenvalue weighted by Gasteiger charge is 2.07. The topological polar surface area (TPSA) is 32.3 Å². The van der Waals surface area contributed by atoms with E-state index in [1.165, 1.54) is 0 Å². The first-order valence-corrected chi connectivity index (χ1v) is 5.05. The Bertz CT molecular complexity index is 146. The molecule has 13 heavy (non-hydrogen) atoms.